The maximum absolute atomic E-state index is 14.1. The molecule has 1 heterocycles. The van der Waals surface area contributed by atoms with E-state index in [9.17, 15) is 14.4 Å². The van der Waals surface area contributed by atoms with Crippen LogP contribution in [0.15, 0.2) is 48.5 Å². The fourth-order valence-corrected chi connectivity index (χ4v) is 5.42. The molecule has 2 aromatic carbocycles. The second-order valence-electron chi connectivity index (χ2n) is 12.1. The molecule has 0 aromatic heterocycles. The molecule has 1 unspecified atom stereocenters. The van der Waals surface area contributed by atoms with Crippen LogP contribution in [0, 0.1) is 5.92 Å². The van der Waals surface area contributed by atoms with Crippen LogP contribution in [-0.4, -0.2) is 92.7 Å². The van der Waals surface area contributed by atoms with Crippen molar-refractivity contribution < 1.29 is 38.1 Å². The maximum atomic E-state index is 14.1. The van der Waals surface area contributed by atoms with Gasteiger partial charge in [0.05, 0.1) is 19.8 Å². The zero-order valence-electron chi connectivity index (χ0n) is 26.9. The van der Waals surface area contributed by atoms with E-state index in [2.05, 4.69) is 0 Å². The number of carbonyl (C=O) groups excluding carboxylic acids is 3. The molecule has 1 aliphatic heterocycles. The highest BCUT2D eigenvalue weighted by atomic mass is 16.6. The summed E-state index contributed by atoms with van der Waals surface area (Å²) in [5.41, 5.74) is 6.06. The fourth-order valence-electron chi connectivity index (χ4n) is 5.42. The summed E-state index contributed by atoms with van der Waals surface area (Å²) < 4.78 is 27.5. The molecule has 242 valence electrons. The minimum Gasteiger partial charge on any atom is -0.493 e. The summed E-state index contributed by atoms with van der Waals surface area (Å²) in [5.74, 6) is 0.298. The summed E-state index contributed by atoms with van der Waals surface area (Å²) in [6.07, 6.45) is -0.780. The van der Waals surface area contributed by atoms with Gasteiger partial charge in [0.1, 0.15) is 12.2 Å². The van der Waals surface area contributed by atoms with Crippen LogP contribution in [0.25, 0.3) is 0 Å². The Hall–Kier alpha value is -3.99. The van der Waals surface area contributed by atoms with E-state index >= 15 is 0 Å². The Morgan fingerprint density at radius 2 is 1.73 bits per heavy atom. The Morgan fingerprint density at radius 3 is 2.32 bits per heavy atom. The summed E-state index contributed by atoms with van der Waals surface area (Å²) in [6.45, 7) is 10.7. The third kappa shape index (κ3) is 9.25. The van der Waals surface area contributed by atoms with Crippen molar-refractivity contribution >= 4 is 18.1 Å². The van der Waals surface area contributed by atoms with Crippen molar-refractivity contribution in [3.05, 3.63) is 59.7 Å². The quantitative estimate of drug-likeness (QED) is 0.310. The molecular formula is C33H47N3O8. The number of likely N-dealkylation sites (tertiary alicyclic amines) is 1. The first-order chi connectivity index (χ1) is 20.9. The number of nitrogens with two attached hydrogens (primary N) is 1. The molecule has 44 heavy (non-hydrogen) atoms. The van der Waals surface area contributed by atoms with E-state index in [4.69, 9.17) is 29.4 Å². The molecule has 0 radical (unpaired) electrons. The van der Waals surface area contributed by atoms with E-state index in [1.165, 1.54) is 0 Å². The number of primary amides is 1. The van der Waals surface area contributed by atoms with Gasteiger partial charge in [0.25, 0.3) is 5.91 Å². The van der Waals surface area contributed by atoms with Gasteiger partial charge in [-0.25, -0.2) is 9.59 Å². The Bertz CT molecular complexity index is 1250. The second kappa shape index (κ2) is 15.7. The van der Waals surface area contributed by atoms with Crippen LogP contribution >= 0.6 is 0 Å². The molecule has 3 amide bonds. The largest absolute Gasteiger partial charge is 0.493 e. The molecule has 0 spiro atoms. The predicted octanol–water partition coefficient (Wildman–Crippen LogP) is 5.08. The van der Waals surface area contributed by atoms with E-state index in [0.717, 1.165) is 5.56 Å². The van der Waals surface area contributed by atoms with Gasteiger partial charge >= 0.3 is 12.2 Å². The molecular weight excluding hydrogens is 566 g/mol. The van der Waals surface area contributed by atoms with Gasteiger partial charge in [-0.05, 0) is 58.4 Å². The number of benzene rings is 2. The van der Waals surface area contributed by atoms with Gasteiger partial charge < -0.3 is 39.2 Å². The lowest BCUT2D eigenvalue weighted by atomic mass is 9.84. The van der Waals surface area contributed by atoms with Crippen LogP contribution in [0.1, 0.15) is 62.9 Å². The Kier molecular flexibility index (Phi) is 12.3. The lowest BCUT2D eigenvalue weighted by Crippen LogP contribution is -2.48. The zero-order valence-corrected chi connectivity index (χ0v) is 26.9. The monoisotopic (exact) mass is 613 g/mol. The van der Waals surface area contributed by atoms with Crippen molar-refractivity contribution in [3.8, 4) is 11.5 Å². The van der Waals surface area contributed by atoms with Crippen molar-refractivity contribution in [2.75, 3.05) is 47.1 Å². The summed E-state index contributed by atoms with van der Waals surface area (Å²) in [7, 11) is 3.18. The molecule has 1 aliphatic rings. The van der Waals surface area contributed by atoms with Gasteiger partial charge in [0.2, 0.25) is 0 Å². The number of rotatable bonds is 13. The molecule has 1 fully saturated rings. The van der Waals surface area contributed by atoms with Crippen molar-refractivity contribution in [2.45, 2.75) is 64.6 Å². The first-order valence-electron chi connectivity index (χ1n) is 14.9. The first-order valence-corrected chi connectivity index (χ1v) is 14.9. The highest BCUT2D eigenvalue weighted by molar-refractivity contribution is 5.95. The van der Waals surface area contributed by atoms with Gasteiger partial charge in [-0.15, -0.1) is 0 Å². The molecule has 3 atom stereocenters. The van der Waals surface area contributed by atoms with Gasteiger partial charge in [-0.1, -0.05) is 30.3 Å². The third-order valence-corrected chi connectivity index (χ3v) is 7.51. The topological polar surface area (TPSA) is 130 Å². The van der Waals surface area contributed by atoms with Gasteiger partial charge in [-0.3, -0.25) is 4.79 Å². The normalized spacial score (nSPS) is 18.2. The van der Waals surface area contributed by atoms with Gasteiger partial charge in [0, 0.05) is 56.7 Å². The van der Waals surface area contributed by atoms with E-state index in [1.54, 1.807) is 63.0 Å². The van der Waals surface area contributed by atoms with Crippen molar-refractivity contribution in [1.29, 1.82) is 0 Å². The summed E-state index contributed by atoms with van der Waals surface area (Å²) in [4.78, 5) is 42.7. The predicted molar refractivity (Wildman–Crippen MR) is 166 cm³/mol. The van der Waals surface area contributed by atoms with Crippen LogP contribution < -0.4 is 15.2 Å². The smallest absolute Gasteiger partial charge is 0.410 e. The standard InChI is InChI=1S/C33H47N3O8/c1-22(2)35(30(37)24-14-15-28(41-7)29(18-24)42-17-11-16-40-6)20-26-25(23-12-9-8-10-13-23)19-36(27(26)21-43-31(34)38)32(39)44-33(3,4)5/h8-10,12-15,18,22,25-27H,11,16-17,19-21H2,1-7H3,(H2,34,38)/t25-,26+,27?/m1/s1. The van der Waals surface area contributed by atoms with Crippen LogP contribution in [0.3, 0.4) is 0 Å². The van der Waals surface area contributed by atoms with E-state index < -0.39 is 23.8 Å². The highest BCUT2D eigenvalue weighted by Crippen LogP contribution is 2.40. The van der Waals surface area contributed by atoms with E-state index in [1.807, 2.05) is 44.2 Å². The van der Waals surface area contributed by atoms with Crippen LogP contribution in [-0.2, 0) is 14.2 Å². The minimum absolute atomic E-state index is 0.134. The molecule has 1 saturated heterocycles. The number of hydrogen-bond donors (Lipinski definition) is 1. The van der Waals surface area contributed by atoms with Gasteiger partial charge in [-0.2, -0.15) is 0 Å². The number of methoxy groups -OCH3 is 2. The summed E-state index contributed by atoms with van der Waals surface area (Å²) in [6, 6.07) is 14.1. The Morgan fingerprint density at radius 1 is 1.02 bits per heavy atom. The first kappa shape index (κ1) is 34.5. The molecule has 2 aromatic rings. The Labute approximate surface area is 260 Å². The zero-order chi connectivity index (χ0) is 32.4. The van der Waals surface area contributed by atoms with Gasteiger partial charge in [0.15, 0.2) is 11.5 Å². The van der Waals surface area contributed by atoms with Crippen LogP contribution in [0.2, 0.25) is 0 Å². The molecule has 0 aliphatic carbocycles. The molecule has 0 bridgehead atoms. The summed E-state index contributed by atoms with van der Waals surface area (Å²) >= 11 is 0. The molecule has 0 saturated carbocycles. The van der Waals surface area contributed by atoms with E-state index in [-0.39, 0.29) is 36.9 Å². The van der Waals surface area contributed by atoms with Crippen molar-refractivity contribution in [2.24, 2.45) is 11.7 Å². The number of carbonyl (C=O) groups is 3. The minimum atomic E-state index is -0.941. The molecule has 11 heteroatoms. The van der Waals surface area contributed by atoms with E-state index in [0.29, 0.717) is 43.2 Å². The molecule has 2 N–H and O–H groups in total. The highest BCUT2D eigenvalue weighted by Gasteiger charge is 2.47. The number of ether oxygens (including phenoxy) is 5. The lowest BCUT2D eigenvalue weighted by Gasteiger charge is -2.35. The number of hydrogen-bond acceptors (Lipinski definition) is 8. The summed E-state index contributed by atoms with van der Waals surface area (Å²) in [5, 5.41) is 0. The maximum Gasteiger partial charge on any atom is 0.410 e. The lowest BCUT2D eigenvalue weighted by molar-refractivity contribution is 0.0114. The van der Waals surface area contributed by atoms with Crippen molar-refractivity contribution in [1.82, 2.24) is 9.80 Å². The Balaban J connectivity index is 1.99. The average molecular weight is 614 g/mol. The van der Waals surface area contributed by atoms with Crippen LogP contribution in [0.5, 0.6) is 11.5 Å². The molecule has 11 nitrogen and oxygen atoms in total. The second-order valence-corrected chi connectivity index (χ2v) is 12.1. The van der Waals surface area contributed by atoms with Crippen LogP contribution in [0.4, 0.5) is 9.59 Å². The number of amides is 3. The third-order valence-electron chi connectivity index (χ3n) is 7.51. The van der Waals surface area contributed by atoms with Crippen molar-refractivity contribution in [3.63, 3.8) is 0 Å². The number of nitrogens with zero attached hydrogens (tertiary/aromatic N) is 2. The molecule has 3 rings (SSSR count). The fraction of sp³-hybridized carbons (Fsp3) is 0.545. The SMILES string of the molecule is COCCCOc1cc(C(=O)N(C[C@@H]2C(COC(N)=O)N(C(=O)OC(C)(C)C)C[C@@H]2c2ccccc2)C(C)C)ccc1OC. The average Bonchev–Trinajstić information content (AvgIpc) is 3.34.